The Labute approximate surface area is 150 Å². The lowest BCUT2D eigenvalue weighted by atomic mass is 10.0. The normalized spacial score (nSPS) is 14.8. The third-order valence-corrected chi connectivity index (χ3v) is 4.49. The first kappa shape index (κ1) is 16.8. The van der Waals surface area contributed by atoms with Crippen molar-refractivity contribution in [1.82, 2.24) is 0 Å². The molecule has 0 aliphatic heterocycles. The van der Waals surface area contributed by atoms with Crippen molar-refractivity contribution in [3.05, 3.63) is 58.1 Å². The number of halogens is 2. The fourth-order valence-corrected chi connectivity index (χ4v) is 2.97. The van der Waals surface area contributed by atoms with Crippen LogP contribution >= 0.6 is 23.2 Å². The summed E-state index contributed by atoms with van der Waals surface area (Å²) in [5.74, 6) is -0.637. The van der Waals surface area contributed by atoms with Crippen molar-refractivity contribution < 1.29 is 9.59 Å². The summed E-state index contributed by atoms with van der Waals surface area (Å²) in [5, 5.41) is 6.39. The number of carbonyl (C=O) groups is 2. The molecule has 0 unspecified atom stereocenters. The van der Waals surface area contributed by atoms with Crippen LogP contribution in [0, 0.1) is 12.3 Å². The Bertz CT molecular complexity index is 779. The molecule has 0 spiro atoms. The number of hydrogen-bond donors (Lipinski definition) is 2. The molecule has 0 atom stereocenters. The van der Waals surface area contributed by atoms with Gasteiger partial charge in [-0.15, -0.1) is 0 Å². The number of rotatable bonds is 4. The number of nitrogens with one attached hydrogen (secondary N) is 2. The van der Waals surface area contributed by atoms with Crippen LogP contribution in [0.25, 0.3) is 0 Å². The molecule has 1 fully saturated rings. The quantitative estimate of drug-likeness (QED) is 0.777. The minimum atomic E-state index is -1.03. The molecule has 2 aromatic carbocycles. The predicted octanol–water partition coefficient (Wildman–Crippen LogP) is 4.66. The zero-order chi connectivity index (χ0) is 17.3. The molecule has 1 aliphatic carbocycles. The number of aryl methyl sites for hydroxylation is 1. The molecule has 2 amide bonds. The van der Waals surface area contributed by atoms with Crippen LogP contribution in [0.3, 0.4) is 0 Å². The maximum absolute atomic E-state index is 12.5. The molecule has 0 saturated heterocycles. The van der Waals surface area contributed by atoms with Gasteiger partial charge in [0, 0.05) is 21.4 Å². The van der Waals surface area contributed by atoms with Gasteiger partial charge in [0.05, 0.1) is 0 Å². The van der Waals surface area contributed by atoms with E-state index < -0.39 is 5.41 Å². The second-order valence-corrected chi connectivity index (χ2v) is 6.89. The largest absolute Gasteiger partial charge is 0.325 e. The van der Waals surface area contributed by atoms with E-state index in [-0.39, 0.29) is 11.8 Å². The molecule has 2 N–H and O–H groups in total. The molecule has 124 valence electrons. The van der Waals surface area contributed by atoms with Gasteiger partial charge in [0.25, 0.3) is 0 Å². The maximum atomic E-state index is 12.5. The summed E-state index contributed by atoms with van der Waals surface area (Å²) in [6.07, 6.45) is 1.04. The smallest absolute Gasteiger partial charge is 0.240 e. The average molecular weight is 363 g/mol. The van der Waals surface area contributed by atoms with Gasteiger partial charge in [-0.3, -0.25) is 9.59 Å². The first-order chi connectivity index (χ1) is 11.4. The minimum absolute atomic E-state index is 0.294. The molecule has 0 radical (unpaired) electrons. The highest BCUT2D eigenvalue weighted by atomic mass is 35.5. The number of anilines is 2. The van der Waals surface area contributed by atoms with Crippen molar-refractivity contribution in [2.45, 2.75) is 19.8 Å². The Hall–Kier alpha value is -2.04. The summed E-state index contributed by atoms with van der Waals surface area (Å²) in [7, 11) is 0. The van der Waals surface area contributed by atoms with E-state index in [4.69, 9.17) is 23.2 Å². The third-order valence-electron chi connectivity index (χ3n) is 4.05. The highest BCUT2D eigenvalue weighted by Gasteiger charge is 2.56. The lowest BCUT2D eigenvalue weighted by Crippen LogP contribution is -2.35. The molecule has 2 aromatic rings. The molecule has 4 nitrogen and oxygen atoms in total. The van der Waals surface area contributed by atoms with E-state index in [0.29, 0.717) is 34.3 Å². The van der Waals surface area contributed by atoms with Gasteiger partial charge in [0.15, 0.2) is 0 Å². The van der Waals surface area contributed by atoms with Gasteiger partial charge in [-0.1, -0.05) is 40.9 Å². The molecule has 24 heavy (non-hydrogen) atoms. The predicted molar refractivity (Wildman–Crippen MR) is 96.6 cm³/mol. The summed E-state index contributed by atoms with van der Waals surface area (Å²) < 4.78 is 0. The van der Waals surface area contributed by atoms with Crippen LogP contribution in [-0.2, 0) is 9.59 Å². The molecule has 1 aliphatic rings. The first-order valence-electron chi connectivity index (χ1n) is 7.55. The Balaban J connectivity index is 1.71. The minimum Gasteiger partial charge on any atom is -0.325 e. The summed E-state index contributed by atoms with van der Waals surface area (Å²) in [4.78, 5) is 25.1. The Morgan fingerprint density at radius 2 is 1.38 bits per heavy atom. The van der Waals surface area contributed by atoms with E-state index >= 15 is 0 Å². The van der Waals surface area contributed by atoms with Gasteiger partial charge in [-0.25, -0.2) is 0 Å². The molecule has 1 saturated carbocycles. The van der Waals surface area contributed by atoms with Crippen LogP contribution in [0.4, 0.5) is 11.4 Å². The molecule has 0 bridgehead atoms. The summed E-state index contributed by atoms with van der Waals surface area (Å²) in [6.45, 7) is 1.97. The SMILES string of the molecule is Cc1ccc(NC(=O)C2(C(=O)Nc3cc(Cl)cc(Cl)c3)CC2)cc1. The fraction of sp³-hybridized carbons (Fsp3) is 0.222. The van der Waals surface area contributed by atoms with Crippen molar-refractivity contribution in [2.24, 2.45) is 5.41 Å². The molecular weight excluding hydrogens is 347 g/mol. The second kappa shape index (κ2) is 6.46. The van der Waals surface area contributed by atoms with Gasteiger partial charge >= 0.3 is 0 Å². The van der Waals surface area contributed by atoms with E-state index in [9.17, 15) is 9.59 Å². The zero-order valence-electron chi connectivity index (χ0n) is 13.0. The Morgan fingerprint density at radius 1 is 0.875 bits per heavy atom. The Morgan fingerprint density at radius 3 is 1.88 bits per heavy atom. The maximum Gasteiger partial charge on any atom is 0.240 e. The zero-order valence-corrected chi connectivity index (χ0v) is 14.5. The van der Waals surface area contributed by atoms with E-state index in [0.717, 1.165) is 5.56 Å². The monoisotopic (exact) mass is 362 g/mol. The van der Waals surface area contributed by atoms with Crippen molar-refractivity contribution in [3.8, 4) is 0 Å². The molecule has 0 heterocycles. The summed E-state index contributed by atoms with van der Waals surface area (Å²) in [6, 6.07) is 12.2. The van der Waals surface area contributed by atoms with Crippen LogP contribution in [-0.4, -0.2) is 11.8 Å². The van der Waals surface area contributed by atoms with Gasteiger partial charge in [-0.05, 0) is 50.1 Å². The lowest BCUT2D eigenvalue weighted by Gasteiger charge is -2.16. The molecule has 6 heteroatoms. The number of hydrogen-bond acceptors (Lipinski definition) is 2. The summed E-state index contributed by atoms with van der Waals surface area (Å²) >= 11 is 11.9. The highest BCUT2D eigenvalue weighted by molar-refractivity contribution is 6.35. The highest BCUT2D eigenvalue weighted by Crippen LogP contribution is 2.47. The van der Waals surface area contributed by atoms with Gasteiger partial charge in [-0.2, -0.15) is 0 Å². The van der Waals surface area contributed by atoms with Crippen molar-refractivity contribution in [1.29, 1.82) is 0 Å². The lowest BCUT2D eigenvalue weighted by molar-refractivity contribution is -0.131. The van der Waals surface area contributed by atoms with Crippen molar-refractivity contribution in [3.63, 3.8) is 0 Å². The number of amides is 2. The van der Waals surface area contributed by atoms with Crippen LogP contribution in [0.15, 0.2) is 42.5 Å². The third kappa shape index (κ3) is 3.55. The van der Waals surface area contributed by atoms with Gasteiger partial charge in [0.2, 0.25) is 11.8 Å². The standard InChI is InChI=1S/C18H16Cl2N2O2/c1-11-2-4-14(5-3-11)21-16(23)18(6-7-18)17(24)22-15-9-12(19)8-13(20)10-15/h2-5,8-10H,6-7H2,1H3,(H,21,23)(H,22,24). The van der Waals surface area contributed by atoms with Crippen molar-refractivity contribution in [2.75, 3.05) is 10.6 Å². The second-order valence-electron chi connectivity index (χ2n) is 6.01. The van der Waals surface area contributed by atoms with E-state index in [1.807, 2.05) is 31.2 Å². The number of carbonyl (C=O) groups excluding carboxylic acids is 2. The average Bonchev–Trinajstić information content (AvgIpc) is 3.30. The van der Waals surface area contributed by atoms with Crippen LogP contribution in [0.5, 0.6) is 0 Å². The van der Waals surface area contributed by atoms with E-state index in [1.165, 1.54) is 0 Å². The molecule has 3 rings (SSSR count). The van der Waals surface area contributed by atoms with Crippen LogP contribution in [0.1, 0.15) is 18.4 Å². The van der Waals surface area contributed by atoms with E-state index in [2.05, 4.69) is 10.6 Å². The molecular formula is C18H16Cl2N2O2. The van der Waals surface area contributed by atoms with Gasteiger partial charge < -0.3 is 10.6 Å². The van der Waals surface area contributed by atoms with Crippen LogP contribution in [0.2, 0.25) is 10.0 Å². The Kier molecular flexibility index (Phi) is 4.52. The van der Waals surface area contributed by atoms with Crippen LogP contribution < -0.4 is 10.6 Å². The van der Waals surface area contributed by atoms with Crippen molar-refractivity contribution >= 4 is 46.4 Å². The fourth-order valence-electron chi connectivity index (χ4n) is 2.45. The van der Waals surface area contributed by atoms with E-state index in [1.54, 1.807) is 18.2 Å². The first-order valence-corrected chi connectivity index (χ1v) is 8.30. The summed E-state index contributed by atoms with van der Waals surface area (Å²) in [5.41, 5.74) is 1.23. The number of benzene rings is 2. The topological polar surface area (TPSA) is 58.2 Å². The molecule has 0 aromatic heterocycles. The van der Waals surface area contributed by atoms with Gasteiger partial charge in [0.1, 0.15) is 5.41 Å².